The minimum absolute atomic E-state index is 0.188. The van der Waals surface area contributed by atoms with Crippen molar-refractivity contribution in [2.24, 2.45) is 0 Å². The van der Waals surface area contributed by atoms with Gasteiger partial charge in [0.1, 0.15) is 11.6 Å². The Morgan fingerprint density at radius 2 is 2.00 bits per heavy atom. The highest BCUT2D eigenvalue weighted by molar-refractivity contribution is 8.02. The molecule has 1 atom stereocenters. The van der Waals surface area contributed by atoms with E-state index in [1.165, 1.54) is 23.1 Å². The third-order valence-corrected chi connectivity index (χ3v) is 5.53. The van der Waals surface area contributed by atoms with Crippen molar-refractivity contribution in [2.75, 3.05) is 10.6 Å². The van der Waals surface area contributed by atoms with Crippen LogP contribution in [-0.2, 0) is 4.79 Å². The molecule has 0 aliphatic rings. The minimum atomic E-state index is -0.692. The molecule has 0 bridgehead atoms. The van der Waals surface area contributed by atoms with Gasteiger partial charge >= 0.3 is 0 Å². The highest BCUT2D eigenvalue weighted by Crippen LogP contribution is 2.31. The number of hydrogen-bond donors (Lipinski definition) is 2. The molecule has 9 heteroatoms. The summed E-state index contributed by atoms with van der Waals surface area (Å²) in [4.78, 5) is 12.2. The van der Waals surface area contributed by atoms with Gasteiger partial charge in [0.25, 0.3) is 0 Å². The molecule has 0 saturated heterocycles. The van der Waals surface area contributed by atoms with Gasteiger partial charge in [-0.15, -0.1) is 10.2 Å². The van der Waals surface area contributed by atoms with Gasteiger partial charge in [-0.3, -0.25) is 4.79 Å². The van der Waals surface area contributed by atoms with Crippen LogP contribution in [0.3, 0.4) is 0 Å². The lowest BCUT2D eigenvalue weighted by atomic mass is 10.2. The molecule has 2 N–H and O–H groups in total. The Kier molecular flexibility index (Phi) is 6.02. The Labute approximate surface area is 163 Å². The van der Waals surface area contributed by atoms with Crippen LogP contribution in [0.5, 0.6) is 0 Å². The van der Waals surface area contributed by atoms with Crippen LogP contribution in [-0.4, -0.2) is 21.4 Å². The van der Waals surface area contributed by atoms with Crippen LogP contribution in [0.2, 0.25) is 0 Å². The standard InChI is InChI=1S/C18H16F2N4OS2/c1-10-4-3-5-13(8-10)21-17-23-24-18(27-17)26-11(2)16(25)22-15-9-12(19)6-7-14(15)20/h3-9,11H,1-2H3,(H,21,23)(H,22,25)/t11-/m1/s1. The number of benzene rings is 2. The van der Waals surface area contributed by atoms with E-state index in [4.69, 9.17) is 0 Å². The van der Waals surface area contributed by atoms with Gasteiger partial charge in [-0.25, -0.2) is 8.78 Å². The van der Waals surface area contributed by atoms with Gasteiger partial charge in [0, 0.05) is 11.8 Å². The third kappa shape index (κ3) is 5.24. The van der Waals surface area contributed by atoms with E-state index < -0.39 is 22.8 Å². The first kappa shape index (κ1) is 19.2. The lowest BCUT2D eigenvalue weighted by Gasteiger charge is -2.11. The van der Waals surface area contributed by atoms with E-state index >= 15 is 0 Å². The lowest BCUT2D eigenvalue weighted by Crippen LogP contribution is -2.23. The number of carbonyl (C=O) groups is 1. The van der Waals surface area contributed by atoms with Gasteiger partial charge in [0.15, 0.2) is 4.34 Å². The Hall–Kier alpha value is -2.52. The monoisotopic (exact) mass is 406 g/mol. The number of halogens is 2. The highest BCUT2D eigenvalue weighted by atomic mass is 32.2. The second-order valence-corrected chi connectivity index (χ2v) is 8.31. The van der Waals surface area contributed by atoms with Crippen molar-refractivity contribution in [1.82, 2.24) is 10.2 Å². The summed E-state index contributed by atoms with van der Waals surface area (Å²) in [6.45, 7) is 3.65. The Morgan fingerprint density at radius 3 is 2.78 bits per heavy atom. The maximum absolute atomic E-state index is 13.6. The van der Waals surface area contributed by atoms with Crippen molar-refractivity contribution in [3.63, 3.8) is 0 Å². The third-order valence-electron chi connectivity index (χ3n) is 3.51. The number of aromatic nitrogens is 2. The number of thioether (sulfide) groups is 1. The fourth-order valence-electron chi connectivity index (χ4n) is 2.19. The van der Waals surface area contributed by atoms with Gasteiger partial charge in [-0.05, 0) is 43.7 Å². The van der Waals surface area contributed by atoms with E-state index in [1.807, 2.05) is 31.2 Å². The summed E-state index contributed by atoms with van der Waals surface area (Å²) < 4.78 is 27.4. The maximum Gasteiger partial charge on any atom is 0.237 e. The van der Waals surface area contributed by atoms with E-state index in [-0.39, 0.29) is 5.69 Å². The summed E-state index contributed by atoms with van der Waals surface area (Å²) in [5.74, 6) is -1.77. The number of anilines is 3. The molecule has 5 nitrogen and oxygen atoms in total. The molecule has 0 unspecified atom stereocenters. The number of nitrogens with zero attached hydrogens (tertiary/aromatic N) is 2. The molecule has 27 heavy (non-hydrogen) atoms. The number of rotatable bonds is 6. The first-order valence-corrected chi connectivity index (χ1v) is 9.70. The van der Waals surface area contributed by atoms with Crippen molar-refractivity contribution >= 4 is 45.5 Å². The van der Waals surface area contributed by atoms with Gasteiger partial charge in [-0.2, -0.15) is 0 Å². The van der Waals surface area contributed by atoms with E-state index in [2.05, 4.69) is 20.8 Å². The molecule has 140 valence electrons. The van der Waals surface area contributed by atoms with Crippen molar-refractivity contribution in [2.45, 2.75) is 23.4 Å². The van der Waals surface area contributed by atoms with E-state index in [1.54, 1.807) is 6.92 Å². The molecule has 1 amide bonds. The molecule has 0 radical (unpaired) electrons. The second-order valence-electron chi connectivity index (χ2n) is 5.74. The summed E-state index contributed by atoms with van der Waals surface area (Å²) >= 11 is 2.50. The van der Waals surface area contributed by atoms with Crippen LogP contribution < -0.4 is 10.6 Å². The number of carbonyl (C=O) groups excluding carboxylic acids is 1. The Bertz CT molecular complexity index is 964. The van der Waals surface area contributed by atoms with Crippen molar-refractivity contribution in [1.29, 1.82) is 0 Å². The van der Waals surface area contributed by atoms with Crippen LogP contribution >= 0.6 is 23.1 Å². The van der Waals surface area contributed by atoms with Crippen LogP contribution in [0.15, 0.2) is 46.8 Å². The number of amides is 1. The van der Waals surface area contributed by atoms with Crippen molar-refractivity contribution in [3.8, 4) is 0 Å². The molecule has 3 aromatic rings. The highest BCUT2D eigenvalue weighted by Gasteiger charge is 2.19. The first-order chi connectivity index (χ1) is 12.9. The fraction of sp³-hybridized carbons (Fsp3) is 0.167. The molecule has 0 saturated carbocycles. The summed E-state index contributed by atoms with van der Waals surface area (Å²) in [5, 5.41) is 13.7. The molecule has 0 aliphatic heterocycles. The van der Waals surface area contributed by atoms with Crippen LogP contribution in [0.1, 0.15) is 12.5 Å². The number of nitrogens with one attached hydrogen (secondary N) is 2. The van der Waals surface area contributed by atoms with E-state index in [9.17, 15) is 13.6 Å². The van der Waals surface area contributed by atoms with Crippen molar-refractivity contribution in [3.05, 3.63) is 59.7 Å². The second kappa shape index (κ2) is 8.45. The fourth-order valence-corrected chi connectivity index (χ4v) is 4.10. The van der Waals surface area contributed by atoms with Gasteiger partial charge < -0.3 is 10.6 Å². The maximum atomic E-state index is 13.6. The smallest absolute Gasteiger partial charge is 0.237 e. The summed E-state index contributed by atoms with van der Waals surface area (Å²) in [6, 6.07) is 10.7. The predicted molar refractivity (Wildman–Crippen MR) is 105 cm³/mol. The predicted octanol–water partition coefficient (Wildman–Crippen LogP) is 4.99. The number of aryl methyl sites for hydroxylation is 1. The molecular formula is C18H16F2N4OS2. The zero-order valence-corrected chi connectivity index (χ0v) is 16.1. The lowest BCUT2D eigenvalue weighted by molar-refractivity contribution is -0.115. The summed E-state index contributed by atoms with van der Waals surface area (Å²) in [5.41, 5.74) is 1.83. The van der Waals surface area contributed by atoms with Crippen LogP contribution in [0.25, 0.3) is 0 Å². The number of hydrogen-bond acceptors (Lipinski definition) is 6. The summed E-state index contributed by atoms with van der Waals surface area (Å²) in [7, 11) is 0. The quantitative estimate of drug-likeness (QED) is 0.565. The zero-order chi connectivity index (χ0) is 19.4. The first-order valence-electron chi connectivity index (χ1n) is 8.00. The molecule has 2 aromatic carbocycles. The molecule has 1 heterocycles. The molecule has 3 rings (SSSR count). The van der Waals surface area contributed by atoms with Gasteiger partial charge in [-0.1, -0.05) is 35.2 Å². The largest absolute Gasteiger partial charge is 0.330 e. The van der Waals surface area contributed by atoms with E-state index in [0.717, 1.165) is 29.4 Å². The van der Waals surface area contributed by atoms with Gasteiger partial charge in [0.2, 0.25) is 11.0 Å². The summed E-state index contributed by atoms with van der Waals surface area (Å²) in [6.07, 6.45) is 0. The van der Waals surface area contributed by atoms with Crippen LogP contribution in [0, 0.1) is 18.6 Å². The average molecular weight is 406 g/mol. The SMILES string of the molecule is Cc1cccc(Nc2nnc(S[C@H](C)C(=O)Nc3cc(F)ccc3F)s2)c1. The molecule has 0 fully saturated rings. The van der Waals surface area contributed by atoms with Crippen LogP contribution in [0.4, 0.5) is 25.3 Å². The molecule has 0 spiro atoms. The minimum Gasteiger partial charge on any atom is -0.330 e. The topological polar surface area (TPSA) is 66.9 Å². The Balaban J connectivity index is 1.60. The van der Waals surface area contributed by atoms with Gasteiger partial charge in [0.05, 0.1) is 10.9 Å². The molecule has 0 aliphatic carbocycles. The molecular weight excluding hydrogens is 390 g/mol. The van der Waals surface area contributed by atoms with Crippen molar-refractivity contribution < 1.29 is 13.6 Å². The average Bonchev–Trinajstić information content (AvgIpc) is 3.05. The zero-order valence-electron chi connectivity index (χ0n) is 14.5. The molecule has 1 aromatic heterocycles. The normalized spacial score (nSPS) is 11.9. The Morgan fingerprint density at radius 1 is 1.19 bits per heavy atom. The van der Waals surface area contributed by atoms with E-state index in [0.29, 0.717) is 9.47 Å².